The van der Waals surface area contributed by atoms with Crippen molar-refractivity contribution < 1.29 is 4.79 Å². The number of carbonyl (C=O) groups is 1. The summed E-state index contributed by atoms with van der Waals surface area (Å²) in [6.45, 7) is 3.38. The van der Waals surface area contributed by atoms with Crippen LogP contribution in [0.1, 0.15) is 18.4 Å². The number of hydrogen-bond donors (Lipinski definition) is 0. The molecule has 1 fully saturated rings. The molecule has 8 heteroatoms. The number of benzene rings is 2. The maximum absolute atomic E-state index is 12.6. The van der Waals surface area contributed by atoms with E-state index in [-0.39, 0.29) is 11.9 Å². The Morgan fingerprint density at radius 1 is 1.19 bits per heavy atom. The van der Waals surface area contributed by atoms with Gasteiger partial charge in [0, 0.05) is 31.2 Å². The molecule has 1 aromatic heterocycles. The summed E-state index contributed by atoms with van der Waals surface area (Å²) < 4.78 is 4.43. The Kier molecular flexibility index (Phi) is 6.27. The SMILES string of the molecule is Cc1ccccc1-n1c(-c2ccc(Cl)cc2)nn(CN2CCC[C@@H]2C(=O)N(C)C)c1=S. The highest BCUT2D eigenvalue weighted by Crippen LogP contribution is 2.27. The Labute approximate surface area is 192 Å². The topological polar surface area (TPSA) is 46.3 Å². The minimum atomic E-state index is -0.139. The zero-order valence-electron chi connectivity index (χ0n) is 18.0. The molecule has 0 unspecified atom stereocenters. The van der Waals surface area contributed by atoms with Gasteiger partial charge in [-0.3, -0.25) is 14.3 Å². The zero-order valence-corrected chi connectivity index (χ0v) is 19.5. The van der Waals surface area contributed by atoms with Crippen molar-refractivity contribution in [3.05, 3.63) is 63.9 Å². The second-order valence-electron chi connectivity index (χ2n) is 8.08. The van der Waals surface area contributed by atoms with Crippen LogP contribution in [0.25, 0.3) is 17.1 Å². The van der Waals surface area contributed by atoms with Crippen molar-refractivity contribution >= 4 is 29.7 Å². The van der Waals surface area contributed by atoms with E-state index in [0.717, 1.165) is 42.0 Å². The largest absolute Gasteiger partial charge is 0.347 e. The summed E-state index contributed by atoms with van der Waals surface area (Å²) in [6, 6.07) is 15.6. The molecule has 0 spiro atoms. The summed E-state index contributed by atoms with van der Waals surface area (Å²) >= 11 is 12.0. The van der Waals surface area contributed by atoms with E-state index in [1.807, 2.05) is 51.7 Å². The Bertz CT molecular complexity index is 1150. The highest BCUT2D eigenvalue weighted by Gasteiger charge is 2.32. The van der Waals surface area contributed by atoms with Gasteiger partial charge < -0.3 is 4.90 Å². The lowest BCUT2D eigenvalue weighted by atomic mass is 10.1. The van der Waals surface area contributed by atoms with Crippen LogP contribution in [0.3, 0.4) is 0 Å². The van der Waals surface area contributed by atoms with Gasteiger partial charge in [0.1, 0.15) is 0 Å². The van der Waals surface area contributed by atoms with Crippen LogP contribution in [0.4, 0.5) is 0 Å². The molecule has 31 heavy (non-hydrogen) atoms. The third-order valence-electron chi connectivity index (χ3n) is 5.70. The van der Waals surface area contributed by atoms with E-state index < -0.39 is 0 Å². The van der Waals surface area contributed by atoms with Crippen LogP contribution in [0, 0.1) is 11.7 Å². The predicted octanol–water partition coefficient (Wildman–Crippen LogP) is 4.54. The van der Waals surface area contributed by atoms with E-state index in [1.165, 1.54) is 0 Å². The summed E-state index contributed by atoms with van der Waals surface area (Å²) in [6.07, 6.45) is 1.84. The molecule has 0 radical (unpaired) electrons. The van der Waals surface area contributed by atoms with Crippen LogP contribution in [0.2, 0.25) is 5.02 Å². The van der Waals surface area contributed by atoms with Gasteiger partial charge in [-0.15, -0.1) is 5.10 Å². The Hall–Kier alpha value is -2.48. The molecule has 2 aromatic carbocycles. The highest BCUT2D eigenvalue weighted by atomic mass is 35.5. The maximum atomic E-state index is 12.6. The molecule has 3 aromatic rings. The minimum Gasteiger partial charge on any atom is -0.347 e. The first kappa shape index (κ1) is 21.7. The molecule has 1 saturated heterocycles. The predicted molar refractivity (Wildman–Crippen MR) is 126 cm³/mol. The standard InChI is InChI=1S/C23H26ClN5OS/c1-16-7-4-5-8-19(16)29-21(17-10-12-18(24)13-11-17)25-28(23(29)31)15-27-14-6-9-20(27)22(30)26(2)3/h4-5,7-8,10-13,20H,6,9,14-15H2,1-3H3/t20-/m1/s1. The fourth-order valence-corrected chi connectivity index (χ4v) is 4.47. The fourth-order valence-electron chi connectivity index (χ4n) is 4.06. The molecule has 0 bridgehead atoms. The zero-order chi connectivity index (χ0) is 22.1. The average Bonchev–Trinajstić information content (AvgIpc) is 3.33. The van der Waals surface area contributed by atoms with Crippen molar-refractivity contribution in [2.24, 2.45) is 0 Å². The number of halogens is 1. The highest BCUT2D eigenvalue weighted by molar-refractivity contribution is 7.71. The molecule has 162 valence electrons. The summed E-state index contributed by atoms with van der Waals surface area (Å²) in [5.74, 6) is 0.880. The van der Waals surface area contributed by atoms with E-state index >= 15 is 0 Å². The van der Waals surface area contributed by atoms with Crippen LogP contribution in [0.5, 0.6) is 0 Å². The number of carbonyl (C=O) groups excluding carboxylic acids is 1. The third-order valence-corrected chi connectivity index (χ3v) is 6.35. The number of likely N-dealkylation sites (tertiary alicyclic amines) is 1. The first-order valence-corrected chi connectivity index (χ1v) is 11.1. The Balaban J connectivity index is 1.79. The maximum Gasteiger partial charge on any atom is 0.239 e. The molecule has 0 aliphatic carbocycles. The van der Waals surface area contributed by atoms with E-state index in [2.05, 4.69) is 17.9 Å². The van der Waals surface area contributed by atoms with Crippen LogP contribution >= 0.6 is 23.8 Å². The lowest BCUT2D eigenvalue weighted by molar-refractivity contribution is -0.134. The quantitative estimate of drug-likeness (QED) is 0.530. The summed E-state index contributed by atoms with van der Waals surface area (Å²) in [5, 5.41) is 5.57. The number of aryl methyl sites for hydroxylation is 1. The molecule has 1 amide bonds. The van der Waals surface area contributed by atoms with Gasteiger partial charge >= 0.3 is 0 Å². The number of amides is 1. The fraction of sp³-hybridized carbons (Fsp3) is 0.348. The number of likely N-dealkylation sites (N-methyl/N-ethyl adjacent to an activating group) is 1. The molecular weight excluding hydrogens is 430 g/mol. The van der Waals surface area contributed by atoms with Crippen molar-refractivity contribution in [3.63, 3.8) is 0 Å². The van der Waals surface area contributed by atoms with Gasteiger partial charge in [-0.2, -0.15) is 0 Å². The Morgan fingerprint density at radius 2 is 1.90 bits per heavy atom. The molecule has 4 rings (SSSR count). The van der Waals surface area contributed by atoms with E-state index in [9.17, 15) is 4.79 Å². The number of aromatic nitrogens is 3. The normalized spacial score (nSPS) is 16.6. The van der Waals surface area contributed by atoms with Crippen LogP contribution < -0.4 is 0 Å². The smallest absolute Gasteiger partial charge is 0.239 e. The van der Waals surface area contributed by atoms with E-state index in [0.29, 0.717) is 16.5 Å². The minimum absolute atomic E-state index is 0.125. The van der Waals surface area contributed by atoms with Gasteiger partial charge in [-0.1, -0.05) is 29.8 Å². The van der Waals surface area contributed by atoms with Gasteiger partial charge in [-0.05, 0) is 67.9 Å². The molecule has 1 atom stereocenters. The molecule has 1 aliphatic rings. The van der Waals surface area contributed by atoms with Gasteiger partial charge in [0.15, 0.2) is 5.82 Å². The van der Waals surface area contributed by atoms with Crippen molar-refractivity contribution in [3.8, 4) is 17.1 Å². The van der Waals surface area contributed by atoms with Crippen molar-refractivity contribution in [1.29, 1.82) is 0 Å². The lowest BCUT2D eigenvalue weighted by Gasteiger charge is -2.25. The number of nitrogens with zero attached hydrogens (tertiary/aromatic N) is 5. The van der Waals surface area contributed by atoms with Crippen LogP contribution in [-0.4, -0.2) is 56.7 Å². The van der Waals surface area contributed by atoms with Crippen molar-refractivity contribution in [2.45, 2.75) is 32.5 Å². The van der Waals surface area contributed by atoms with Gasteiger partial charge in [0.2, 0.25) is 10.7 Å². The van der Waals surface area contributed by atoms with Crippen LogP contribution in [0.15, 0.2) is 48.5 Å². The summed E-state index contributed by atoms with van der Waals surface area (Å²) in [4.78, 5) is 16.5. The summed E-state index contributed by atoms with van der Waals surface area (Å²) in [7, 11) is 3.60. The first-order chi connectivity index (χ1) is 14.9. The number of para-hydroxylation sites is 1. The second kappa shape index (κ2) is 8.94. The third kappa shape index (κ3) is 4.31. The van der Waals surface area contributed by atoms with Crippen molar-refractivity contribution in [1.82, 2.24) is 24.1 Å². The van der Waals surface area contributed by atoms with Crippen molar-refractivity contribution in [2.75, 3.05) is 20.6 Å². The summed E-state index contributed by atoms with van der Waals surface area (Å²) in [5.41, 5.74) is 3.03. The second-order valence-corrected chi connectivity index (χ2v) is 8.88. The lowest BCUT2D eigenvalue weighted by Crippen LogP contribution is -2.43. The average molecular weight is 456 g/mol. The van der Waals surface area contributed by atoms with Gasteiger partial charge in [-0.25, -0.2) is 4.68 Å². The molecule has 6 nitrogen and oxygen atoms in total. The molecule has 2 heterocycles. The number of hydrogen-bond acceptors (Lipinski definition) is 4. The van der Waals surface area contributed by atoms with Crippen LogP contribution in [-0.2, 0) is 11.5 Å². The molecule has 0 N–H and O–H groups in total. The molecule has 1 aliphatic heterocycles. The number of rotatable bonds is 5. The molecule has 0 saturated carbocycles. The molecular formula is C23H26ClN5OS. The van der Waals surface area contributed by atoms with Gasteiger partial charge in [0.05, 0.1) is 18.4 Å². The van der Waals surface area contributed by atoms with E-state index in [4.69, 9.17) is 28.9 Å². The van der Waals surface area contributed by atoms with Gasteiger partial charge in [0.25, 0.3) is 0 Å². The Morgan fingerprint density at radius 3 is 2.58 bits per heavy atom. The van der Waals surface area contributed by atoms with E-state index in [1.54, 1.807) is 19.0 Å². The first-order valence-electron chi connectivity index (χ1n) is 10.3. The monoisotopic (exact) mass is 455 g/mol.